The molecule has 1 N–H and O–H groups in total. The van der Waals surface area contributed by atoms with Gasteiger partial charge in [-0.15, -0.1) is 0 Å². The standard InChI is InChI=1S/C40H46F2N2O5/c1-25(2)36-35(38(46)43-30-15-11-14-29(42)22-30)34(26-12-9-8-10-13-26)37(27-16-18-28(41)19-17-27)44(36)21-20-31-23-32(48-40(6,7)47-31)24-33(45)49-39(3,4)5/h8-19,22,25,31-32H,20-21,23-24H2,1-7H3,(H,43,46)/t31-,32-/m1/s1. The van der Waals surface area contributed by atoms with E-state index in [9.17, 15) is 18.4 Å². The summed E-state index contributed by atoms with van der Waals surface area (Å²) in [7, 11) is 0. The third-order valence-corrected chi connectivity index (χ3v) is 8.26. The van der Waals surface area contributed by atoms with Gasteiger partial charge in [-0.1, -0.05) is 50.2 Å². The van der Waals surface area contributed by atoms with Gasteiger partial charge in [0.1, 0.15) is 17.2 Å². The van der Waals surface area contributed by atoms with E-state index in [0.717, 1.165) is 22.5 Å². The van der Waals surface area contributed by atoms with Gasteiger partial charge in [0.2, 0.25) is 0 Å². The molecule has 0 spiro atoms. The first-order valence-corrected chi connectivity index (χ1v) is 16.8. The Bertz CT molecular complexity index is 1770. The van der Waals surface area contributed by atoms with Crippen LogP contribution in [0.2, 0.25) is 0 Å². The summed E-state index contributed by atoms with van der Waals surface area (Å²) in [5.74, 6) is -2.59. The molecule has 0 saturated carbocycles. The number of esters is 1. The van der Waals surface area contributed by atoms with Crippen molar-refractivity contribution in [3.8, 4) is 22.4 Å². The highest BCUT2D eigenvalue weighted by Crippen LogP contribution is 2.43. The fourth-order valence-electron chi connectivity index (χ4n) is 6.62. The second-order valence-corrected chi connectivity index (χ2v) is 14.3. The minimum Gasteiger partial charge on any atom is -0.460 e. The first kappa shape index (κ1) is 36.0. The zero-order chi connectivity index (χ0) is 35.5. The summed E-state index contributed by atoms with van der Waals surface area (Å²) in [6.45, 7) is 13.7. The van der Waals surface area contributed by atoms with Gasteiger partial charge < -0.3 is 24.1 Å². The Labute approximate surface area is 287 Å². The Balaban J connectivity index is 1.60. The summed E-state index contributed by atoms with van der Waals surface area (Å²) < 4.78 is 48.6. The van der Waals surface area contributed by atoms with E-state index in [1.807, 2.05) is 78.8 Å². The van der Waals surface area contributed by atoms with Crippen molar-refractivity contribution in [2.45, 2.75) is 104 Å². The van der Waals surface area contributed by atoms with Gasteiger partial charge in [-0.25, -0.2) is 8.78 Å². The number of benzene rings is 3. The molecule has 0 radical (unpaired) electrons. The van der Waals surface area contributed by atoms with E-state index in [0.29, 0.717) is 36.2 Å². The fourth-order valence-corrected chi connectivity index (χ4v) is 6.62. The van der Waals surface area contributed by atoms with Crippen LogP contribution >= 0.6 is 0 Å². The highest BCUT2D eigenvalue weighted by molar-refractivity contribution is 6.12. The predicted molar refractivity (Wildman–Crippen MR) is 187 cm³/mol. The summed E-state index contributed by atoms with van der Waals surface area (Å²) in [5.41, 5.74) is 3.98. The Morgan fingerprint density at radius 3 is 2.22 bits per heavy atom. The van der Waals surface area contributed by atoms with Gasteiger partial charge in [0, 0.05) is 29.9 Å². The number of rotatable bonds is 10. The topological polar surface area (TPSA) is 78.8 Å². The van der Waals surface area contributed by atoms with E-state index in [2.05, 4.69) is 9.88 Å². The maximum Gasteiger partial charge on any atom is 0.308 e. The highest BCUT2D eigenvalue weighted by atomic mass is 19.1. The van der Waals surface area contributed by atoms with Crippen LogP contribution in [0, 0.1) is 11.6 Å². The van der Waals surface area contributed by atoms with Crippen LogP contribution in [0.4, 0.5) is 14.5 Å². The zero-order valence-electron chi connectivity index (χ0n) is 29.3. The molecule has 1 aromatic heterocycles. The lowest BCUT2D eigenvalue weighted by Crippen LogP contribution is -2.46. The first-order valence-electron chi connectivity index (χ1n) is 16.8. The van der Waals surface area contributed by atoms with Crippen LogP contribution in [0.15, 0.2) is 78.9 Å². The molecule has 260 valence electrons. The van der Waals surface area contributed by atoms with Gasteiger partial charge in [0.25, 0.3) is 5.91 Å². The van der Waals surface area contributed by atoms with Gasteiger partial charge >= 0.3 is 5.97 Å². The number of hydrogen-bond donors (Lipinski definition) is 1. The van der Waals surface area contributed by atoms with E-state index in [-0.39, 0.29) is 36.1 Å². The number of nitrogens with zero attached hydrogens (tertiary/aromatic N) is 1. The summed E-state index contributed by atoms with van der Waals surface area (Å²) in [5, 5.41) is 2.92. The molecule has 0 aliphatic carbocycles. The molecule has 49 heavy (non-hydrogen) atoms. The number of hydrogen-bond acceptors (Lipinski definition) is 5. The van der Waals surface area contributed by atoms with Crippen LogP contribution < -0.4 is 5.32 Å². The number of halogens is 2. The summed E-state index contributed by atoms with van der Waals surface area (Å²) in [4.78, 5) is 27.1. The molecule has 5 rings (SSSR count). The minimum absolute atomic E-state index is 0.102. The van der Waals surface area contributed by atoms with Gasteiger partial charge in [-0.2, -0.15) is 0 Å². The minimum atomic E-state index is -0.932. The Morgan fingerprint density at radius 1 is 0.918 bits per heavy atom. The molecule has 1 saturated heterocycles. The molecule has 1 amide bonds. The molecule has 7 nitrogen and oxygen atoms in total. The first-order chi connectivity index (χ1) is 23.1. The van der Waals surface area contributed by atoms with Crippen LogP contribution in [-0.2, 0) is 25.5 Å². The van der Waals surface area contributed by atoms with Gasteiger partial charge in [-0.3, -0.25) is 9.59 Å². The molecule has 2 heterocycles. The molecular formula is C40H46F2N2O5. The summed E-state index contributed by atoms with van der Waals surface area (Å²) in [6, 6.07) is 21.7. The van der Waals surface area contributed by atoms with E-state index in [4.69, 9.17) is 14.2 Å². The number of aromatic nitrogens is 1. The second-order valence-electron chi connectivity index (χ2n) is 14.3. The molecule has 1 aliphatic heterocycles. The average Bonchev–Trinajstić information content (AvgIpc) is 3.35. The number of anilines is 1. The van der Waals surface area contributed by atoms with E-state index >= 15 is 0 Å². The van der Waals surface area contributed by atoms with Crippen molar-refractivity contribution >= 4 is 17.6 Å². The Hall–Kier alpha value is -4.34. The number of nitrogens with one attached hydrogen (secondary N) is 1. The molecule has 4 aromatic rings. The lowest BCUT2D eigenvalue weighted by molar-refractivity contribution is -0.301. The van der Waals surface area contributed by atoms with Gasteiger partial charge in [-0.05, 0) is 101 Å². The maximum atomic E-state index is 14.3. The Kier molecular flexibility index (Phi) is 10.7. The van der Waals surface area contributed by atoms with Gasteiger partial charge in [0.15, 0.2) is 5.79 Å². The zero-order valence-corrected chi connectivity index (χ0v) is 29.3. The fraction of sp³-hybridized carbons (Fsp3) is 0.400. The maximum absolute atomic E-state index is 14.3. The normalized spacial score (nSPS) is 17.6. The van der Waals surface area contributed by atoms with Crippen molar-refractivity contribution in [2.24, 2.45) is 0 Å². The van der Waals surface area contributed by atoms with Crippen LogP contribution in [0.3, 0.4) is 0 Å². The van der Waals surface area contributed by atoms with E-state index in [1.54, 1.807) is 24.3 Å². The van der Waals surface area contributed by atoms with Crippen LogP contribution in [0.1, 0.15) is 89.7 Å². The van der Waals surface area contributed by atoms with Crippen molar-refractivity contribution in [2.75, 3.05) is 5.32 Å². The lowest BCUT2D eigenvalue weighted by Gasteiger charge is -2.41. The molecule has 2 atom stereocenters. The van der Waals surface area contributed by atoms with Crippen molar-refractivity contribution in [3.05, 3.63) is 102 Å². The molecule has 0 bridgehead atoms. The molecule has 1 fully saturated rings. The number of carbonyl (C=O) groups is 2. The molecular weight excluding hydrogens is 626 g/mol. The quantitative estimate of drug-likeness (QED) is 0.170. The van der Waals surface area contributed by atoms with E-state index < -0.39 is 23.3 Å². The van der Waals surface area contributed by atoms with Crippen LogP contribution in [-0.4, -0.2) is 40.0 Å². The summed E-state index contributed by atoms with van der Waals surface area (Å²) >= 11 is 0. The van der Waals surface area contributed by atoms with Crippen molar-refractivity contribution in [1.29, 1.82) is 0 Å². The third-order valence-electron chi connectivity index (χ3n) is 8.26. The largest absolute Gasteiger partial charge is 0.460 e. The van der Waals surface area contributed by atoms with E-state index in [1.165, 1.54) is 24.3 Å². The monoisotopic (exact) mass is 672 g/mol. The van der Waals surface area contributed by atoms with Crippen LogP contribution in [0.25, 0.3) is 22.4 Å². The average molecular weight is 673 g/mol. The Morgan fingerprint density at radius 2 is 1.59 bits per heavy atom. The number of amides is 1. The third kappa shape index (κ3) is 9.02. The predicted octanol–water partition coefficient (Wildman–Crippen LogP) is 9.51. The highest BCUT2D eigenvalue weighted by Gasteiger charge is 2.38. The molecule has 3 aromatic carbocycles. The number of ether oxygens (including phenoxy) is 3. The summed E-state index contributed by atoms with van der Waals surface area (Å²) in [6.07, 6.45) is 0.446. The SMILES string of the molecule is CC(C)c1c(C(=O)Nc2cccc(F)c2)c(-c2ccccc2)c(-c2ccc(F)cc2)n1CC[C@@H]1C[C@H](CC(=O)OC(C)(C)C)OC(C)(C)O1. The molecule has 1 aliphatic rings. The smallest absolute Gasteiger partial charge is 0.308 e. The van der Waals surface area contributed by atoms with Crippen molar-refractivity contribution in [3.63, 3.8) is 0 Å². The lowest BCUT2D eigenvalue weighted by atomic mass is 9.94. The molecule has 9 heteroatoms. The van der Waals surface area contributed by atoms with Gasteiger partial charge in [0.05, 0.1) is 29.9 Å². The number of carbonyl (C=O) groups excluding carboxylic acids is 2. The van der Waals surface area contributed by atoms with Crippen LogP contribution in [0.5, 0.6) is 0 Å². The second kappa shape index (κ2) is 14.6. The van der Waals surface area contributed by atoms with Crippen molar-refractivity contribution < 1.29 is 32.6 Å². The van der Waals surface area contributed by atoms with Crippen molar-refractivity contribution in [1.82, 2.24) is 4.57 Å². The molecule has 0 unspecified atom stereocenters.